The van der Waals surface area contributed by atoms with Gasteiger partial charge in [0, 0.05) is 12.1 Å². The van der Waals surface area contributed by atoms with E-state index in [1.165, 1.54) is 164 Å². The summed E-state index contributed by atoms with van der Waals surface area (Å²) in [5, 5.41) is 10.2. The van der Waals surface area contributed by atoms with E-state index in [1.54, 1.807) is 0 Å². The van der Waals surface area contributed by atoms with E-state index in [1.807, 2.05) is 0 Å². The number of rotatable bonds is 27. The number of hydrogen-bond acceptors (Lipinski definition) is 6. The molecule has 0 N–H and O–H groups in total. The third kappa shape index (κ3) is 25.5. The molecular formula is C38H76N3O6P. The maximum Gasteiger partial charge on any atom is 0.269 e. The van der Waals surface area contributed by atoms with Crippen LogP contribution in [0.25, 0.3) is 0 Å². The summed E-state index contributed by atoms with van der Waals surface area (Å²) in [7, 11) is -5.10. The van der Waals surface area contributed by atoms with E-state index < -0.39 is 12.7 Å². The second-order valence-corrected chi connectivity index (χ2v) is 14.7. The number of non-ortho nitro benzene ring substituents is 1. The zero-order valence-electron chi connectivity index (χ0n) is 32.5. The highest BCUT2D eigenvalue weighted by atomic mass is 31.2. The Balaban J connectivity index is 0. The molecule has 0 aliphatic heterocycles. The van der Waals surface area contributed by atoms with Gasteiger partial charge < -0.3 is 27.8 Å². The molecule has 0 atom stereocenters. The van der Waals surface area contributed by atoms with Crippen molar-refractivity contribution in [3.8, 4) is 5.75 Å². The molecule has 0 radical (unpaired) electrons. The van der Waals surface area contributed by atoms with Crippen molar-refractivity contribution >= 4 is 13.5 Å². The van der Waals surface area contributed by atoms with Crippen molar-refractivity contribution in [3.05, 3.63) is 34.4 Å². The van der Waals surface area contributed by atoms with Crippen LogP contribution in [-0.4, -0.2) is 66.2 Å². The second kappa shape index (κ2) is 30.3. The first kappa shape index (κ1) is 48.6. The summed E-state index contributed by atoms with van der Waals surface area (Å²) in [6.45, 7) is 30.0. The van der Waals surface area contributed by atoms with E-state index in [4.69, 9.17) is 0 Å². The van der Waals surface area contributed by atoms with Crippen molar-refractivity contribution in [1.29, 1.82) is 0 Å². The monoisotopic (exact) mass is 708 g/mol. The molecule has 1 aromatic rings. The number of phosphoric ester groups is 1. The van der Waals surface area contributed by atoms with Crippen LogP contribution in [0.4, 0.5) is 5.69 Å². The van der Waals surface area contributed by atoms with Crippen molar-refractivity contribution in [3.63, 3.8) is 0 Å². The number of nitrogens with zero attached hydrogens (tertiary/aromatic N) is 3. The lowest BCUT2D eigenvalue weighted by molar-refractivity contribution is -0.929. The van der Waals surface area contributed by atoms with Gasteiger partial charge in [0.15, 0.2) is 0 Å². The summed E-state index contributed by atoms with van der Waals surface area (Å²) in [5.74, 6) is -0.246. The molecule has 9 nitrogen and oxygen atoms in total. The minimum absolute atomic E-state index is 0.219. The lowest BCUT2D eigenvalue weighted by atomic mass is 10.1. The van der Waals surface area contributed by atoms with Crippen LogP contribution < -0.4 is 14.3 Å². The summed E-state index contributed by atoms with van der Waals surface area (Å²) in [6.07, 6.45) is 22.1. The molecule has 0 aliphatic rings. The van der Waals surface area contributed by atoms with Gasteiger partial charge in [-0.3, -0.25) is 10.1 Å². The van der Waals surface area contributed by atoms with Gasteiger partial charge >= 0.3 is 0 Å². The van der Waals surface area contributed by atoms with Crippen molar-refractivity contribution in [2.45, 2.75) is 158 Å². The molecule has 48 heavy (non-hydrogen) atoms. The molecule has 0 aromatic heterocycles. The predicted octanol–water partition coefficient (Wildman–Crippen LogP) is 9.81. The summed E-state index contributed by atoms with van der Waals surface area (Å²) in [5.41, 5.74) is -0.219. The Labute approximate surface area is 296 Å². The topological polar surface area (TPSA) is 116 Å². The van der Waals surface area contributed by atoms with Crippen LogP contribution in [0.3, 0.4) is 0 Å². The minimum Gasteiger partial charge on any atom is -0.780 e. The van der Waals surface area contributed by atoms with E-state index in [0.29, 0.717) is 0 Å². The Hall–Kier alpha value is -1.51. The molecule has 0 unspecified atom stereocenters. The van der Waals surface area contributed by atoms with E-state index in [2.05, 4.69) is 59.9 Å². The van der Waals surface area contributed by atoms with Gasteiger partial charge in [-0.1, -0.05) is 107 Å². The second-order valence-electron chi connectivity index (χ2n) is 13.6. The van der Waals surface area contributed by atoms with Gasteiger partial charge in [-0.25, -0.2) is 0 Å². The highest BCUT2D eigenvalue weighted by Crippen LogP contribution is 2.30. The van der Waals surface area contributed by atoms with Crippen LogP contribution in [0.1, 0.15) is 158 Å². The Morgan fingerprint density at radius 3 is 0.958 bits per heavy atom. The average molecular weight is 708 g/mol. The van der Waals surface area contributed by atoms with Gasteiger partial charge in [-0.05, 0) is 63.5 Å². The number of nitro benzene ring substituents is 1. The molecule has 1 aromatic carbocycles. The largest absolute Gasteiger partial charge is 0.780 e. The molecule has 0 saturated carbocycles. The Morgan fingerprint density at radius 2 is 0.792 bits per heavy atom. The zero-order chi connectivity index (χ0) is 36.7. The van der Waals surface area contributed by atoms with Crippen LogP contribution >= 0.6 is 7.82 Å². The lowest BCUT2D eigenvalue weighted by Crippen LogP contribution is -2.50. The third-order valence-corrected chi connectivity index (χ3v) is 9.59. The molecule has 0 spiro atoms. The lowest BCUT2D eigenvalue weighted by Gasteiger charge is -2.39. The Morgan fingerprint density at radius 1 is 0.562 bits per heavy atom. The number of benzene rings is 1. The van der Waals surface area contributed by atoms with E-state index in [9.17, 15) is 24.5 Å². The Kier molecular flexibility index (Phi) is 30.7. The summed E-state index contributed by atoms with van der Waals surface area (Å²) < 4.78 is 16.9. The van der Waals surface area contributed by atoms with E-state index in [0.717, 1.165) is 24.3 Å². The van der Waals surface area contributed by atoms with Gasteiger partial charge in [-0.2, -0.15) is 0 Å². The SMILES string of the molecule is CCCC[N+](CCCC)(CCCC)CCCC.CCCC[N+](CCCC)(CCCC)CCCC.O=[N+]([O-])c1ccc(OP(=[18O])([18O-])[18O-])cc1. The van der Waals surface area contributed by atoms with Crippen LogP contribution in [0.2, 0.25) is 0 Å². The van der Waals surface area contributed by atoms with Crippen molar-refractivity contribution in [2.24, 2.45) is 0 Å². The molecule has 0 aliphatic carbocycles. The fraction of sp³-hybridized carbons (Fsp3) is 0.842. The van der Waals surface area contributed by atoms with Crippen molar-refractivity contribution < 1.29 is 32.8 Å². The first-order chi connectivity index (χ1) is 22.9. The van der Waals surface area contributed by atoms with Crippen molar-refractivity contribution in [1.82, 2.24) is 0 Å². The molecular weight excluding hydrogens is 631 g/mol. The molecule has 0 fully saturated rings. The highest BCUT2D eigenvalue weighted by molar-refractivity contribution is 7.43. The van der Waals surface area contributed by atoms with Crippen LogP contribution in [0.5, 0.6) is 5.75 Å². The first-order valence-corrected chi connectivity index (χ1v) is 21.0. The number of quaternary nitrogens is 2. The van der Waals surface area contributed by atoms with Crippen LogP contribution in [0.15, 0.2) is 24.3 Å². The van der Waals surface area contributed by atoms with Gasteiger partial charge in [0.1, 0.15) is 13.6 Å². The standard InChI is InChI=1S/2C16H36N.C6H6NO6P/c2*1-5-9-13-17(14-10-6-2,15-11-7-3)16-12-8-4;8-7(9)5-1-3-6(4-2-5)13-14(10,11)12/h2*5-16H2,1-4H3;1-4H,(H2,10,11,12)/q2*+1;/p-2/i;;10+2,11+2,12+2. The fourth-order valence-electron chi connectivity index (χ4n) is 6.05. The average Bonchev–Trinajstić information content (AvgIpc) is 3.07. The molecule has 10 heteroatoms. The van der Waals surface area contributed by atoms with E-state index in [-0.39, 0.29) is 11.4 Å². The molecule has 284 valence electrons. The maximum absolute atomic E-state index is 10.2. The maximum atomic E-state index is 10.2. The summed E-state index contributed by atoms with van der Waals surface area (Å²) in [4.78, 5) is 29.8. The number of hydrogen-bond donors (Lipinski definition) is 0. The number of nitro groups is 1. The predicted molar refractivity (Wildman–Crippen MR) is 200 cm³/mol. The van der Waals surface area contributed by atoms with Gasteiger partial charge in [0.2, 0.25) is 0 Å². The smallest absolute Gasteiger partial charge is 0.269 e. The first-order valence-electron chi connectivity index (χ1n) is 19.5. The zero-order valence-corrected chi connectivity index (χ0v) is 33.4. The number of unbranched alkanes of at least 4 members (excludes halogenated alkanes) is 8. The molecule has 0 bridgehead atoms. The normalized spacial score (nSPS) is 11.7. The van der Waals surface area contributed by atoms with Gasteiger partial charge in [-0.15, -0.1) is 0 Å². The van der Waals surface area contributed by atoms with Crippen LogP contribution in [-0.2, 0) is 4.57 Å². The quantitative estimate of drug-likeness (QED) is 0.0296. The van der Waals surface area contributed by atoms with Gasteiger partial charge in [0.05, 0.1) is 57.3 Å². The molecule has 1 rings (SSSR count). The minimum atomic E-state index is -5.10. The van der Waals surface area contributed by atoms with Crippen molar-refractivity contribution in [2.75, 3.05) is 52.4 Å². The molecule has 0 amide bonds. The summed E-state index contributed by atoms with van der Waals surface area (Å²) in [6, 6.07) is 4.12. The summed E-state index contributed by atoms with van der Waals surface area (Å²) >= 11 is 0. The Bertz CT molecular complexity index is 814. The van der Waals surface area contributed by atoms with E-state index >= 15 is 0 Å². The highest BCUT2D eigenvalue weighted by Gasteiger charge is 2.25. The fourth-order valence-corrected chi connectivity index (χ4v) is 6.43. The number of phosphoric acid groups is 1. The van der Waals surface area contributed by atoms with Crippen LogP contribution in [0, 0.1) is 10.1 Å². The molecule has 0 heterocycles. The molecule has 0 saturated heterocycles. The third-order valence-electron chi connectivity index (χ3n) is 9.15. The van der Waals surface area contributed by atoms with Gasteiger partial charge in [0.25, 0.3) is 5.69 Å².